The maximum atomic E-state index is 9.92. The molecule has 1 aromatic carbocycles. The van der Waals surface area contributed by atoms with Gasteiger partial charge in [-0.3, -0.25) is 0 Å². The highest BCUT2D eigenvalue weighted by atomic mass is 16.5. The zero-order valence-corrected chi connectivity index (χ0v) is 14.7. The average Bonchev–Trinajstić information content (AvgIpc) is 3.25. The second-order valence-electron chi connectivity index (χ2n) is 6.50. The predicted octanol–water partition coefficient (Wildman–Crippen LogP) is 1.27. The van der Waals surface area contributed by atoms with Crippen LogP contribution in [-0.4, -0.2) is 49.6 Å². The molecule has 0 spiro atoms. The molecule has 0 radical (unpaired) electrons. The van der Waals surface area contributed by atoms with E-state index >= 15 is 0 Å². The van der Waals surface area contributed by atoms with Gasteiger partial charge in [0.1, 0.15) is 12.1 Å². The van der Waals surface area contributed by atoms with Crippen molar-refractivity contribution in [3.63, 3.8) is 0 Å². The van der Waals surface area contributed by atoms with Crippen molar-refractivity contribution in [1.82, 2.24) is 19.5 Å². The van der Waals surface area contributed by atoms with Gasteiger partial charge in [-0.1, -0.05) is 6.07 Å². The summed E-state index contributed by atoms with van der Waals surface area (Å²) in [4.78, 5) is 15.4. The third-order valence-corrected chi connectivity index (χ3v) is 4.88. The molecule has 1 aliphatic heterocycles. The molecule has 136 valence electrons. The summed E-state index contributed by atoms with van der Waals surface area (Å²) in [7, 11) is 1.66. The van der Waals surface area contributed by atoms with Crippen molar-refractivity contribution in [1.29, 1.82) is 0 Å². The zero-order valence-electron chi connectivity index (χ0n) is 14.7. The van der Waals surface area contributed by atoms with Crippen LogP contribution in [0.4, 0.5) is 5.82 Å². The quantitative estimate of drug-likeness (QED) is 0.711. The summed E-state index contributed by atoms with van der Waals surface area (Å²) in [5.74, 6) is 1.58. The predicted molar refractivity (Wildman–Crippen MR) is 96.0 cm³/mol. The van der Waals surface area contributed by atoms with Gasteiger partial charge >= 0.3 is 0 Å². The number of anilines is 1. The molecule has 8 nitrogen and oxygen atoms in total. The highest BCUT2D eigenvalue weighted by molar-refractivity contribution is 5.83. The summed E-state index contributed by atoms with van der Waals surface area (Å²) in [6.07, 6.45) is 2.37. The smallest absolute Gasteiger partial charge is 0.165 e. The van der Waals surface area contributed by atoms with Crippen LogP contribution >= 0.6 is 0 Å². The first-order chi connectivity index (χ1) is 12.6. The Kier molecular flexibility index (Phi) is 4.21. The second kappa shape index (κ2) is 6.54. The van der Waals surface area contributed by atoms with Crippen molar-refractivity contribution in [3.05, 3.63) is 42.0 Å². The first kappa shape index (κ1) is 16.7. The van der Waals surface area contributed by atoms with Gasteiger partial charge in [0.25, 0.3) is 0 Å². The maximum Gasteiger partial charge on any atom is 0.165 e. The van der Waals surface area contributed by atoms with E-state index in [-0.39, 0.29) is 6.61 Å². The number of rotatable bonds is 5. The molecular weight excluding hydrogens is 334 g/mol. The zero-order chi connectivity index (χ0) is 18.3. The number of fused-ring (bicyclic) bond motifs is 2. The SMILES string of the molecule is COc1ccc2c(c1)CN(c1ncnc3c1ncn3[C@H](CO)[C@@H](C)O)C2. The number of imidazole rings is 1. The van der Waals surface area contributed by atoms with Gasteiger partial charge in [-0.05, 0) is 30.2 Å². The number of aromatic nitrogens is 4. The third kappa shape index (κ3) is 2.67. The summed E-state index contributed by atoms with van der Waals surface area (Å²) in [6, 6.07) is 5.58. The van der Waals surface area contributed by atoms with Gasteiger partial charge in [0, 0.05) is 13.1 Å². The second-order valence-corrected chi connectivity index (χ2v) is 6.50. The Labute approximate surface area is 150 Å². The normalized spacial score (nSPS) is 15.9. The van der Waals surface area contributed by atoms with E-state index in [4.69, 9.17) is 4.74 Å². The van der Waals surface area contributed by atoms with E-state index < -0.39 is 12.1 Å². The summed E-state index contributed by atoms with van der Waals surface area (Å²) in [5.41, 5.74) is 3.69. The molecule has 4 rings (SSSR count). The molecule has 3 aromatic rings. The summed E-state index contributed by atoms with van der Waals surface area (Å²) in [5, 5.41) is 19.5. The van der Waals surface area contributed by atoms with E-state index in [0.29, 0.717) is 17.7 Å². The Hall–Kier alpha value is -2.71. The summed E-state index contributed by atoms with van der Waals surface area (Å²) < 4.78 is 7.01. The molecule has 0 amide bonds. The van der Waals surface area contributed by atoms with Gasteiger partial charge in [0.2, 0.25) is 0 Å². The number of benzene rings is 1. The van der Waals surface area contributed by atoms with E-state index in [0.717, 1.165) is 18.1 Å². The van der Waals surface area contributed by atoms with Crippen LogP contribution in [0.1, 0.15) is 24.1 Å². The van der Waals surface area contributed by atoms with Crippen LogP contribution in [0.25, 0.3) is 11.2 Å². The minimum absolute atomic E-state index is 0.197. The first-order valence-electron chi connectivity index (χ1n) is 8.49. The van der Waals surface area contributed by atoms with Crippen molar-refractivity contribution in [2.45, 2.75) is 32.2 Å². The highest BCUT2D eigenvalue weighted by Crippen LogP contribution is 2.33. The Morgan fingerprint density at radius 2 is 2.00 bits per heavy atom. The number of hydrogen-bond donors (Lipinski definition) is 2. The molecule has 0 saturated heterocycles. The molecule has 0 fully saturated rings. The topological polar surface area (TPSA) is 96.5 Å². The molecule has 1 aliphatic rings. The Morgan fingerprint density at radius 3 is 2.73 bits per heavy atom. The van der Waals surface area contributed by atoms with Crippen molar-refractivity contribution in [3.8, 4) is 5.75 Å². The fourth-order valence-electron chi connectivity index (χ4n) is 3.43. The minimum atomic E-state index is -0.723. The fourth-order valence-corrected chi connectivity index (χ4v) is 3.43. The standard InChI is InChI=1S/C18H21N5O3/c1-11(25)15(8-24)23-10-21-16-17(19-9-20-18(16)23)22-6-12-3-4-14(26-2)5-13(12)7-22/h3-5,9-11,15,24-25H,6-8H2,1-2H3/t11-,15-/m1/s1. The van der Waals surface area contributed by atoms with Crippen LogP contribution in [0.15, 0.2) is 30.9 Å². The molecule has 0 aliphatic carbocycles. The molecule has 3 heterocycles. The van der Waals surface area contributed by atoms with Gasteiger partial charge < -0.3 is 24.4 Å². The Bertz CT molecular complexity index is 940. The summed E-state index contributed by atoms with van der Waals surface area (Å²) >= 11 is 0. The molecule has 2 atom stereocenters. The maximum absolute atomic E-state index is 9.92. The van der Waals surface area contributed by atoms with Crippen LogP contribution in [0.5, 0.6) is 5.75 Å². The van der Waals surface area contributed by atoms with Crippen LogP contribution < -0.4 is 9.64 Å². The number of aliphatic hydroxyl groups is 2. The molecule has 2 aromatic heterocycles. The molecule has 0 bridgehead atoms. The number of nitrogens with zero attached hydrogens (tertiary/aromatic N) is 5. The number of methoxy groups -OCH3 is 1. The molecule has 2 N–H and O–H groups in total. The lowest BCUT2D eigenvalue weighted by Gasteiger charge is -2.20. The molecule has 26 heavy (non-hydrogen) atoms. The van der Waals surface area contributed by atoms with Gasteiger partial charge in [-0.25, -0.2) is 15.0 Å². The summed E-state index contributed by atoms with van der Waals surface area (Å²) in [6.45, 7) is 2.89. The monoisotopic (exact) mass is 355 g/mol. The lowest BCUT2D eigenvalue weighted by atomic mass is 10.1. The van der Waals surface area contributed by atoms with Crippen LogP contribution in [0, 0.1) is 0 Å². The van der Waals surface area contributed by atoms with E-state index in [1.165, 1.54) is 17.5 Å². The van der Waals surface area contributed by atoms with Crippen molar-refractivity contribution in [2.75, 3.05) is 18.6 Å². The molecular formula is C18H21N5O3. The first-order valence-corrected chi connectivity index (χ1v) is 8.49. The fraction of sp³-hybridized carbons (Fsp3) is 0.389. The average molecular weight is 355 g/mol. The lowest BCUT2D eigenvalue weighted by molar-refractivity contribution is 0.0885. The van der Waals surface area contributed by atoms with Gasteiger partial charge in [-0.2, -0.15) is 0 Å². The third-order valence-electron chi connectivity index (χ3n) is 4.88. The Balaban J connectivity index is 1.71. The highest BCUT2D eigenvalue weighted by Gasteiger charge is 2.26. The van der Waals surface area contributed by atoms with Crippen molar-refractivity contribution < 1.29 is 14.9 Å². The van der Waals surface area contributed by atoms with Crippen LogP contribution in [-0.2, 0) is 13.1 Å². The van der Waals surface area contributed by atoms with Crippen molar-refractivity contribution >= 4 is 17.0 Å². The molecule has 0 unspecified atom stereocenters. The van der Waals surface area contributed by atoms with E-state index in [2.05, 4.69) is 25.9 Å². The number of aliphatic hydroxyl groups excluding tert-OH is 2. The number of ether oxygens (including phenoxy) is 1. The lowest BCUT2D eigenvalue weighted by Crippen LogP contribution is -2.24. The van der Waals surface area contributed by atoms with E-state index in [1.54, 1.807) is 24.9 Å². The van der Waals surface area contributed by atoms with E-state index in [9.17, 15) is 10.2 Å². The molecule has 8 heteroatoms. The van der Waals surface area contributed by atoms with Crippen LogP contribution in [0.2, 0.25) is 0 Å². The largest absolute Gasteiger partial charge is 0.497 e. The van der Waals surface area contributed by atoms with Gasteiger partial charge in [-0.15, -0.1) is 0 Å². The Morgan fingerprint density at radius 1 is 1.19 bits per heavy atom. The molecule has 0 saturated carbocycles. The van der Waals surface area contributed by atoms with Crippen LogP contribution in [0.3, 0.4) is 0 Å². The minimum Gasteiger partial charge on any atom is -0.497 e. The van der Waals surface area contributed by atoms with E-state index in [1.807, 2.05) is 12.1 Å². The van der Waals surface area contributed by atoms with Crippen molar-refractivity contribution in [2.24, 2.45) is 0 Å². The number of hydrogen-bond acceptors (Lipinski definition) is 7. The van der Waals surface area contributed by atoms with Gasteiger partial charge in [0.15, 0.2) is 17.0 Å². The van der Waals surface area contributed by atoms with Gasteiger partial charge in [0.05, 0.1) is 32.2 Å².